The van der Waals surface area contributed by atoms with Crippen molar-refractivity contribution < 1.29 is 9.53 Å². The number of carbonyl (C=O) groups excluding carboxylic acids is 1. The maximum atomic E-state index is 11.8. The lowest BCUT2D eigenvalue weighted by Crippen LogP contribution is -2.16. The van der Waals surface area contributed by atoms with Crippen LogP contribution in [0.3, 0.4) is 0 Å². The molecule has 1 aromatic heterocycles. The number of aromatic nitrogens is 1. The van der Waals surface area contributed by atoms with Gasteiger partial charge in [0.15, 0.2) is 0 Å². The van der Waals surface area contributed by atoms with Gasteiger partial charge in [-0.25, -0.2) is 4.79 Å². The smallest absolute Gasteiger partial charge is 0.355 e. The molecule has 1 aromatic carbocycles. The van der Waals surface area contributed by atoms with Crippen LogP contribution in [-0.2, 0) is 11.2 Å². The van der Waals surface area contributed by atoms with Gasteiger partial charge in [-0.1, -0.05) is 25.8 Å². The first-order chi connectivity index (χ1) is 10.2. The first kappa shape index (κ1) is 12.9. The second-order valence-corrected chi connectivity index (χ2v) is 6.64. The molecule has 0 saturated heterocycles. The molecule has 2 atom stereocenters. The average molecular weight is 283 g/mol. The Labute approximate surface area is 124 Å². The number of esters is 1. The summed E-state index contributed by atoms with van der Waals surface area (Å²) in [5.41, 5.74) is 4.30. The normalized spacial score (nSPS) is 25.7. The molecule has 3 heteroatoms. The third-order valence-corrected chi connectivity index (χ3v) is 5.13. The van der Waals surface area contributed by atoms with Gasteiger partial charge in [0.2, 0.25) is 0 Å². The monoisotopic (exact) mass is 283 g/mol. The van der Waals surface area contributed by atoms with Crippen LogP contribution in [0, 0.1) is 5.92 Å². The maximum Gasteiger partial charge on any atom is 0.355 e. The molecule has 1 fully saturated rings. The molecule has 2 aromatic rings. The Morgan fingerprint density at radius 3 is 3.05 bits per heavy atom. The maximum absolute atomic E-state index is 11.8. The summed E-state index contributed by atoms with van der Waals surface area (Å²) in [6.45, 7) is 2.86. The van der Waals surface area contributed by atoms with Crippen LogP contribution in [-0.4, -0.2) is 17.6 Å². The number of ether oxygens (including phenoxy) is 1. The highest BCUT2D eigenvalue weighted by Crippen LogP contribution is 2.38. The van der Waals surface area contributed by atoms with Crippen LogP contribution in [0.1, 0.15) is 60.1 Å². The standard InChI is InChI=1S/C18H21NO2/c1-11-3-2-4-12(9-11)13-5-6-16-15(10-13)14-7-8-21-18(20)17(14)19-16/h5-6,10-12,19H,2-4,7-9H2,1H3. The van der Waals surface area contributed by atoms with E-state index in [1.165, 1.54) is 36.6 Å². The molecule has 2 unspecified atom stereocenters. The molecular formula is C18H21NO2. The van der Waals surface area contributed by atoms with E-state index >= 15 is 0 Å². The molecule has 4 rings (SSSR count). The summed E-state index contributed by atoms with van der Waals surface area (Å²) in [6, 6.07) is 6.68. The van der Waals surface area contributed by atoms with Crippen molar-refractivity contribution in [3.05, 3.63) is 35.0 Å². The van der Waals surface area contributed by atoms with Gasteiger partial charge in [0.25, 0.3) is 0 Å². The Morgan fingerprint density at radius 1 is 1.29 bits per heavy atom. The van der Waals surface area contributed by atoms with E-state index in [-0.39, 0.29) is 5.97 Å². The predicted octanol–water partition coefficient (Wildman–Crippen LogP) is 4.17. The zero-order valence-electron chi connectivity index (χ0n) is 12.4. The molecule has 0 spiro atoms. The molecule has 2 aliphatic rings. The minimum absolute atomic E-state index is 0.208. The van der Waals surface area contributed by atoms with E-state index in [0.717, 1.165) is 23.4 Å². The van der Waals surface area contributed by atoms with Crippen molar-refractivity contribution in [2.75, 3.05) is 6.61 Å². The number of benzene rings is 1. The van der Waals surface area contributed by atoms with Gasteiger partial charge in [0.05, 0.1) is 6.61 Å². The van der Waals surface area contributed by atoms with Crippen LogP contribution in [0.4, 0.5) is 0 Å². The minimum Gasteiger partial charge on any atom is -0.461 e. The highest BCUT2D eigenvalue weighted by atomic mass is 16.5. The van der Waals surface area contributed by atoms with Crippen LogP contribution in [0.15, 0.2) is 18.2 Å². The van der Waals surface area contributed by atoms with E-state index in [1.54, 1.807) is 0 Å². The molecule has 1 aliphatic carbocycles. The number of hydrogen-bond donors (Lipinski definition) is 1. The topological polar surface area (TPSA) is 42.1 Å². The Morgan fingerprint density at radius 2 is 2.19 bits per heavy atom. The third-order valence-electron chi connectivity index (χ3n) is 5.13. The highest BCUT2D eigenvalue weighted by molar-refractivity contribution is 5.99. The van der Waals surface area contributed by atoms with Crippen LogP contribution in [0.5, 0.6) is 0 Å². The molecular weight excluding hydrogens is 262 g/mol. The summed E-state index contributed by atoms with van der Waals surface area (Å²) in [5.74, 6) is 1.30. The Bertz CT molecular complexity index is 701. The van der Waals surface area contributed by atoms with Gasteiger partial charge in [-0.15, -0.1) is 0 Å². The lowest BCUT2D eigenvalue weighted by Gasteiger charge is -2.27. The Hall–Kier alpha value is -1.77. The predicted molar refractivity (Wildman–Crippen MR) is 82.7 cm³/mol. The van der Waals surface area contributed by atoms with Crippen molar-refractivity contribution in [2.45, 2.75) is 44.9 Å². The van der Waals surface area contributed by atoms with Crippen molar-refractivity contribution in [2.24, 2.45) is 5.92 Å². The second kappa shape index (κ2) is 4.90. The number of rotatable bonds is 1. The van der Waals surface area contributed by atoms with Gasteiger partial charge >= 0.3 is 5.97 Å². The van der Waals surface area contributed by atoms with Crippen LogP contribution in [0.2, 0.25) is 0 Å². The highest BCUT2D eigenvalue weighted by Gasteiger charge is 2.25. The fourth-order valence-corrected chi connectivity index (χ4v) is 4.01. The van der Waals surface area contributed by atoms with E-state index in [1.807, 2.05) is 0 Å². The zero-order chi connectivity index (χ0) is 14.4. The van der Waals surface area contributed by atoms with Crippen LogP contribution in [0.25, 0.3) is 10.9 Å². The number of aromatic amines is 1. The summed E-state index contributed by atoms with van der Waals surface area (Å²) in [5, 5.41) is 1.22. The zero-order valence-corrected chi connectivity index (χ0v) is 12.4. The summed E-state index contributed by atoms with van der Waals surface area (Å²) < 4.78 is 5.12. The molecule has 110 valence electrons. The Kier molecular flexibility index (Phi) is 3.02. The first-order valence-electron chi connectivity index (χ1n) is 8.04. The summed E-state index contributed by atoms with van der Waals surface area (Å²) in [7, 11) is 0. The van der Waals surface area contributed by atoms with Gasteiger partial charge in [-0.05, 0) is 47.9 Å². The van der Waals surface area contributed by atoms with Gasteiger partial charge in [0, 0.05) is 17.3 Å². The SMILES string of the molecule is CC1CCCC(c2ccc3[nH]c4c(c3c2)CCOC4=O)C1. The van der Waals surface area contributed by atoms with Crippen molar-refractivity contribution in [1.29, 1.82) is 0 Å². The van der Waals surface area contributed by atoms with Gasteiger partial charge in [-0.2, -0.15) is 0 Å². The lowest BCUT2D eigenvalue weighted by atomic mass is 9.78. The van der Waals surface area contributed by atoms with E-state index < -0.39 is 0 Å². The van der Waals surface area contributed by atoms with Crippen molar-refractivity contribution in [3.63, 3.8) is 0 Å². The van der Waals surface area contributed by atoms with Crippen molar-refractivity contribution in [3.8, 4) is 0 Å². The lowest BCUT2D eigenvalue weighted by molar-refractivity contribution is 0.0475. The average Bonchev–Trinajstić information content (AvgIpc) is 2.87. The molecule has 0 radical (unpaired) electrons. The molecule has 1 N–H and O–H groups in total. The molecule has 0 amide bonds. The molecule has 21 heavy (non-hydrogen) atoms. The fourth-order valence-electron chi connectivity index (χ4n) is 4.01. The van der Waals surface area contributed by atoms with Gasteiger partial charge in [-0.3, -0.25) is 0 Å². The van der Waals surface area contributed by atoms with Crippen LogP contribution < -0.4 is 0 Å². The summed E-state index contributed by atoms with van der Waals surface area (Å²) in [4.78, 5) is 15.1. The molecule has 0 bridgehead atoms. The number of cyclic esters (lactones) is 1. The molecule has 1 aliphatic heterocycles. The fraction of sp³-hybridized carbons (Fsp3) is 0.500. The van der Waals surface area contributed by atoms with Crippen molar-refractivity contribution >= 4 is 16.9 Å². The summed E-state index contributed by atoms with van der Waals surface area (Å²) in [6.07, 6.45) is 6.11. The largest absolute Gasteiger partial charge is 0.461 e. The number of carbonyl (C=O) groups is 1. The van der Waals surface area contributed by atoms with E-state index in [0.29, 0.717) is 18.2 Å². The van der Waals surface area contributed by atoms with Gasteiger partial charge in [0.1, 0.15) is 5.69 Å². The number of hydrogen-bond acceptors (Lipinski definition) is 2. The Balaban J connectivity index is 1.77. The van der Waals surface area contributed by atoms with Gasteiger partial charge < -0.3 is 9.72 Å². The van der Waals surface area contributed by atoms with E-state index in [9.17, 15) is 4.79 Å². The third kappa shape index (κ3) is 2.15. The molecule has 1 saturated carbocycles. The minimum atomic E-state index is -0.208. The second-order valence-electron chi connectivity index (χ2n) is 6.64. The number of H-pyrrole nitrogens is 1. The molecule has 3 nitrogen and oxygen atoms in total. The van der Waals surface area contributed by atoms with E-state index in [2.05, 4.69) is 30.1 Å². The van der Waals surface area contributed by atoms with Crippen molar-refractivity contribution in [1.82, 2.24) is 4.98 Å². The quantitative estimate of drug-likeness (QED) is 0.798. The first-order valence-corrected chi connectivity index (χ1v) is 8.04. The number of fused-ring (bicyclic) bond motifs is 3. The number of nitrogens with one attached hydrogen (secondary N) is 1. The van der Waals surface area contributed by atoms with E-state index in [4.69, 9.17) is 4.74 Å². The summed E-state index contributed by atoms with van der Waals surface area (Å²) >= 11 is 0. The van der Waals surface area contributed by atoms with Crippen LogP contribution >= 0.6 is 0 Å². The molecule has 2 heterocycles.